The molecule has 1 aliphatic heterocycles. The Morgan fingerprint density at radius 3 is 2.67 bits per heavy atom. The third kappa shape index (κ3) is 5.29. The second-order valence-corrected chi connectivity index (χ2v) is 8.44. The van der Waals surface area contributed by atoms with E-state index < -0.39 is 10.0 Å². The predicted octanol–water partition coefficient (Wildman–Crippen LogP) is 2.73. The zero-order valence-electron chi connectivity index (χ0n) is 14.7. The summed E-state index contributed by atoms with van der Waals surface area (Å²) in [6.07, 6.45) is 1.61. The number of rotatable bonds is 7. The summed E-state index contributed by atoms with van der Waals surface area (Å²) >= 11 is 6.07. The number of benzene rings is 2. The highest BCUT2D eigenvalue weighted by Crippen LogP contribution is 2.23. The van der Waals surface area contributed by atoms with Crippen molar-refractivity contribution in [1.82, 2.24) is 10.0 Å². The summed E-state index contributed by atoms with van der Waals surface area (Å²) < 4.78 is 33.1. The van der Waals surface area contributed by atoms with Crippen molar-refractivity contribution in [3.63, 3.8) is 0 Å². The number of hydrogen-bond donors (Lipinski definition) is 2. The third-order valence-electron chi connectivity index (χ3n) is 4.30. The Bertz CT molecular complexity index is 897. The van der Waals surface area contributed by atoms with Gasteiger partial charge in [0.1, 0.15) is 4.90 Å². The van der Waals surface area contributed by atoms with Crippen molar-refractivity contribution in [3.05, 3.63) is 64.7 Å². The first kappa shape index (κ1) is 19.8. The molecule has 2 N–H and O–H groups in total. The maximum atomic E-state index is 12.6. The summed E-state index contributed by atoms with van der Waals surface area (Å²) in [5.41, 5.74) is 1.18. The molecule has 1 amide bonds. The molecule has 2 aromatic rings. The minimum Gasteiger partial charge on any atom is -0.377 e. The molecule has 0 aromatic heterocycles. The molecule has 1 unspecified atom stereocenters. The minimum atomic E-state index is -3.84. The van der Waals surface area contributed by atoms with E-state index in [0.29, 0.717) is 13.2 Å². The van der Waals surface area contributed by atoms with E-state index in [4.69, 9.17) is 16.3 Å². The Morgan fingerprint density at radius 1 is 1.19 bits per heavy atom. The summed E-state index contributed by atoms with van der Waals surface area (Å²) in [5, 5.41) is 2.84. The number of nitrogens with one attached hydrogen (secondary N) is 2. The van der Waals surface area contributed by atoms with Gasteiger partial charge in [-0.1, -0.05) is 41.9 Å². The van der Waals surface area contributed by atoms with Crippen LogP contribution in [0, 0.1) is 0 Å². The molecule has 0 bridgehead atoms. The predicted molar refractivity (Wildman–Crippen MR) is 103 cm³/mol. The lowest BCUT2D eigenvalue weighted by Gasteiger charge is -2.13. The van der Waals surface area contributed by atoms with E-state index in [9.17, 15) is 13.2 Å². The molecule has 1 heterocycles. The molecule has 6 nitrogen and oxygen atoms in total. The van der Waals surface area contributed by atoms with E-state index in [1.54, 1.807) is 0 Å². The van der Waals surface area contributed by atoms with Crippen molar-refractivity contribution in [3.8, 4) is 0 Å². The molecule has 1 saturated heterocycles. The van der Waals surface area contributed by atoms with Crippen LogP contribution in [0.2, 0.25) is 5.02 Å². The monoisotopic (exact) mass is 408 g/mol. The van der Waals surface area contributed by atoms with Gasteiger partial charge in [-0.15, -0.1) is 0 Å². The molecule has 1 atom stereocenters. The third-order valence-corrected chi connectivity index (χ3v) is 6.21. The van der Waals surface area contributed by atoms with Crippen molar-refractivity contribution in [2.75, 3.05) is 13.2 Å². The number of ether oxygens (including phenoxy) is 1. The standard InChI is InChI=1S/C19H21ClN2O4S/c20-17-9-8-15(19(23)21-12-14-5-2-1-3-6-14)11-18(17)27(24,25)22-13-16-7-4-10-26-16/h1-3,5-6,8-9,11,16,22H,4,7,10,12-13H2,(H,21,23). The number of carbonyl (C=O) groups is 1. The molecular formula is C19H21ClN2O4S. The van der Waals surface area contributed by atoms with E-state index in [2.05, 4.69) is 10.0 Å². The summed E-state index contributed by atoms with van der Waals surface area (Å²) in [6.45, 7) is 1.18. The molecule has 0 spiro atoms. The average Bonchev–Trinajstić information content (AvgIpc) is 3.19. The van der Waals surface area contributed by atoms with Gasteiger partial charge in [0.25, 0.3) is 5.91 Å². The molecule has 0 radical (unpaired) electrons. The van der Waals surface area contributed by atoms with Gasteiger partial charge in [0, 0.05) is 25.3 Å². The van der Waals surface area contributed by atoms with Gasteiger partial charge in [-0.2, -0.15) is 0 Å². The number of amides is 1. The number of halogens is 1. The Morgan fingerprint density at radius 2 is 1.96 bits per heavy atom. The summed E-state index contributed by atoms with van der Waals surface area (Å²) in [5.74, 6) is -0.369. The lowest BCUT2D eigenvalue weighted by Crippen LogP contribution is -2.32. The minimum absolute atomic E-state index is 0.0643. The van der Waals surface area contributed by atoms with Gasteiger partial charge in [0.2, 0.25) is 10.0 Å². The van der Waals surface area contributed by atoms with Gasteiger partial charge in [-0.25, -0.2) is 13.1 Å². The van der Waals surface area contributed by atoms with Crippen LogP contribution < -0.4 is 10.0 Å². The fraction of sp³-hybridized carbons (Fsp3) is 0.316. The van der Waals surface area contributed by atoms with Crippen LogP contribution in [0.25, 0.3) is 0 Å². The van der Waals surface area contributed by atoms with Crippen LogP contribution in [0.5, 0.6) is 0 Å². The summed E-state index contributed by atoms with van der Waals surface area (Å²) in [7, 11) is -3.84. The second kappa shape index (κ2) is 8.84. The van der Waals surface area contributed by atoms with Crippen molar-refractivity contribution >= 4 is 27.5 Å². The fourth-order valence-corrected chi connectivity index (χ4v) is 4.41. The van der Waals surface area contributed by atoms with Gasteiger partial charge < -0.3 is 10.1 Å². The van der Waals surface area contributed by atoms with Crippen molar-refractivity contribution in [2.45, 2.75) is 30.4 Å². The Labute approximate surface area is 163 Å². The normalized spacial score (nSPS) is 17.0. The van der Waals surface area contributed by atoms with Crippen LogP contribution >= 0.6 is 11.6 Å². The Hall–Kier alpha value is -1.93. The van der Waals surface area contributed by atoms with Crippen LogP contribution in [-0.4, -0.2) is 33.6 Å². The molecule has 1 fully saturated rings. The Kier molecular flexibility index (Phi) is 6.49. The fourth-order valence-electron chi connectivity index (χ4n) is 2.82. The van der Waals surface area contributed by atoms with Gasteiger partial charge in [-0.05, 0) is 36.6 Å². The number of sulfonamides is 1. The number of carbonyl (C=O) groups excluding carboxylic acids is 1. The highest BCUT2D eigenvalue weighted by Gasteiger charge is 2.23. The molecule has 144 valence electrons. The zero-order chi connectivity index (χ0) is 19.3. The highest BCUT2D eigenvalue weighted by atomic mass is 35.5. The van der Waals surface area contributed by atoms with Crippen LogP contribution in [0.15, 0.2) is 53.4 Å². The summed E-state index contributed by atoms with van der Waals surface area (Å²) in [6, 6.07) is 13.7. The number of hydrogen-bond acceptors (Lipinski definition) is 4. The summed E-state index contributed by atoms with van der Waals surface area (Å²) in [4.78, 5) is 12.3. The molecule has 8 heteroatoms. The van der Waals surface area contributed by atoms with E-state index in [1.165, 1.54) is 18.2 Å². The average molecular weight is 409 g/mol. The van der Waals surface area contributed by atoms with Gasteiger partial charge in [0.15, 0.2) is 0 Å². The van der Waals surface area contributed by atoms with Crippen molar-refractivity contribution in [2.24, 2.45) is 0 Å². The maximum Gasteiger partial charge on any atom is 0.251 e. The largest absolute Gasteiger partial charge is 0.377 e. The quantitative estimate of drug-likeness (QED) is 0.737. The van der Waals surface area contributed by atoms with Gasteiger partial charge >= 0.3 is 0 Å². The highest BCUT2D eigenvalue weighted by molar-refractivity contribution is 7.89. The van der Waals surface area contributed by atoms with Crippen LogP contribution in [-0.2, 0) is 21.3 Å². The van der Waals surface area contributed by atoms with Crippen LogP contribution in [0.3, 0.4) is 0 Å². The second-order valence-electron chi connectivity index (χ2n) is 6.30. The Balaban J connectivity index is 1.69. The van der Waals surface area contributed by atoms with Crippen molar-refractivity contribution in [1.29, 1.82) is 0 Å². The van der Waals surface area contributed by atoms with Crippen LogP contribution in [0.1, 0.15) is 28.8 Å². The first-order chi connectivity index (χ1) is 13.0. The molecule has 3 rings (SSSR count). The van der Waals surface area contributed by atoms with E-state index >= 15 is 0 Å². The zero-order valence-corrected chi connectivity index (χ0v) is 16.2. The topological polar surface area (TPSA) is 84.5 Å². The maximum absolute atomic E-state index is 12.6. The van der Waals surface area contributed by atoms with E-state index in [0.717, 1.165) is 18.4 Å². The molecule has 1 aliphatic rings. The molecular weight excluding hydrogens is 388 g/mol. The SMILES string of the molecule is O=C(NCc1ccccc1)c1ccc(Cl)c(S(=O)(=O)NCC2CCCO2)c1. The smallest absolute Gasteiger partial charge is 0.251 e. The van der Waals surface area contributed by atoms with Crippen LogP contribution in [0.4, 0.5) is 0 Å². The first-order valence-electron chi connectivity index (χ1n) is 8.68. The van der Waals surface area contributed by atoms with Crippen molar-refractivity contribution < 1.29 is 17.9 Å². The van der Waals surface area contributed by atoms with Gasteiger partial charge in [0.05, 0.1) is 11.1 Å². The van der Waals surface area contributed by atoms with E-state index in [-0.39, 0.29) is 34.0 Å². The van der Waals surface area contributed by atoms with Gasteiger partial charge in [-0.3, -0.25) is 4.79 Å². The molecule has 27 heavy (non-hydrogen) atoms. The lowest BCUT2D eigenvalue weighted by atomic mass is 10.2. The van der Waals surface area contributed by atoms with E-state index in [1.807, 2.05) is 30.3 Å². The molecule has 2 aromatic carbocycles. The molecule has 0 aliphatic carbocycles. The lowest BCUT2D eigenvalue weighted by molar-refractivity contribution is 0.0950. The first-order valence-corrected chi connectivity index (χ1v) is 10.5. The molecule has 0 saturated carbocycles.